The highest BCUT2D eigenvalue weighted by Gasteiger charge is 2.36. The van der Waals surface area contributed by atoms with Crippen molar-refractivity contribution in [2.45, 2.75) is 12.8 Å². The second-order valence-electron chi connectivity index (χ2n) is 3.57. The van der Waals surface area contributed by atoms with E-state index in [1.54, 1.807) is 7.05 Å². The van der Waals surface area contributed by atoms with Gasteiger partial charge in [-0.25, -0.2) is 4.79 Å². The van der Waals surface area contributed by atoms with Crippen molar-refractivity contribution in [2.75, 3.05) is 20.2 Å². The van der Waals surface area contributed by atoms with Crippen LogP contribution < -0.4 is 0 Å². The molecule has 1 heterocycles. The molecule has 0 radical (unpaired) electrons. The fraction of sp³-hybridized carbons (Fsp3) is 0.750. The molecule has 0 unspecified atom stereocenters. The van der Waals surface area contributed by atoms with Crippen LogP contribution in [0, 0.1) is 5.92 Å². The van der Waals surface area contributed by atoms with Gasteiger partial charge in [-0.1, -0.05) is 0 Å². The Bertz CT molecular complexity index is 250. The molecule has 2 aliphatic rings. The summed E-state index contributed by atoms with van der Waals surface area (Å²) in [6.07, 6.45) is 2.29. The van der Waals surface area contributed by atoms with E-state index in [9.17, 15) is 9.59 Å². The van der Waals surface area contributed by atoms with Gasteiger partial charge in [-0.2, -0.15) is 0 Å². The Hall–Kier alpha value is -1.10. The molecule has 0 bridgehead atoms. The number of imide groups is 1. The van der Waals surface area contributed by atoms with Crippen molar-refractivity contribution in [1.29, 1.82) is 0 Å². The lowest BCUT2D eigenvalue weighted by Gasteiger charge is -2.12. The molecule has 1 aliphatic heterocycles. The third-order valence-corrected chi connectivity index (χ3v) is 2.24. The molecule has 1 saturated heterocycles. The minimum absolute atomic E-state index is 0.128. The Morgan fingerprint density at radius 3 is 2.62 bits per heavy atom. The number of likely N-dealkylation sites (N-methyl/N-ethyl adjacent to an activating group) is 1. The molecule has 0 N–H and O–H groups in total. The van der Waals surface area contributed by atoms with Crippen LogP contribution in [0.1, 0.15) is 12.8 Å². The molecule has 1 saturated carbocycles. The average molecular weight is 184 g/mol. The van der Waals surface area contributed by atoms with E-state index in [2.05, 4.69) is 0 Å². The van der Waals surface area contributed by atoms with Crippen LogP contribution in [-0.4, -0.2) is 42.1 Å². The van der Waals surface area contributed by atoms with Gasteiger partial charge in [0.05, 0.1) is 6.61 Å². The van der Waals surface area contributed by atoms with E-state index in [1.807, 2.05) is 0 Å². The third-order valence-electron chi connectivity index (χ3n) is 2.24. The topological polar surface area (TPSA) is 49.9 Å². The molecule has 0 aromatic heterocycles. The van der Waals surface area contributed by atoms with Crippen LogP contribution in [0.2, 0.25) is 0 Å². The second-order valence-corrected chi connectivity index (χ2v) is 3.57. The summed E-state index contributed by atoms with van der Waals surface area (Å²) < 4.78 is 0. The van der Waals surface area contributed by atoms with Gasteiger partial charge in [-0.3, -0.25) is 9.63 Å². The van der Waals surface area contributed by atoms with Gasteiger partial charge in [-0.05, 0) is 18.8 Å². The Morgan fingerprint density at radius 2 is 2.15 bits per heavy atom. The molecule has 0 aromatic rings. The Morgan fingerprint density at radius 1 is 1.46 bits per heavy atom. The molecular formula is C8H12N2O3. The van der Waals surface area contributed by atoms with Crippen LogP contribution in [-0.2, 0) is 9.63 Å². The number of rotatable bonds is 3. The number of carbonyl (C=O) groups excluding carboxylic acids is 2. The summed E-state index contributed by atoms with van der Waals surface area (Å²) in [5.74, 6) is 0.277. The molecule has 3 amide bonds. The molecule has 0 aromatic carbocycles. The van der Waals surface area contributed by atoms with Crippen molar-refractivity contribution < 1.29 is 14.4 Å². The van der Waals surface area contributed by atoms with Gasteiger partial charge in [0.1, 0.15) is 6.54 Å². The highest BCUT2D eigenvalue weighted by Crippen LogP contribution is 2.29. The fourth-order valence-electron chi connectivity index (χ4n) is 1.19. The van der Waals surface area contributed by atoms with Crippen molar-refractivity contribution in [1.82, 2.24) is 9.96 Å². The number of hydroxylamine groups is 2. The lowest BCUT2D eigenvalue weighted by molar-refractivity contribution is -0.162. The highest BCUT2D eigenvalue weighted by atomic mass is 16.7. The van der Waals surface area contributed by atoms with Gasteiger partial charge in [-0.15, -0.1) is 5.06 Å². The summed E-state index contributed by atoms with van der Waals surface area (Å²) in [5.41, 5.74) is 0. The number of hydrogen-bond donors (Lipinski definition) is 0. The van der Waals surface area contributed by atoms with E-state index in [0.717, 1.165) is 17.9 Å². The molecular weight excluding hydrogens is 172 g/mol. The number of nitrogens with zero attached hydrogens (tertiary/aromatic N) is 2. The van der Waals surface area contributed by atoms with Crippen LogP contribution in [0.15, 0.2) is 0 Å². The molecule has 1 aliphatic carbocycles. The SMILES string of the molecule is CN1CC(=O)N(OCC2CC2)C1=O. The van der Waals surface area contributed by atoms with Gasteiger partial charge < -0.3 is 4.90 Å². The van der Waals surface area contributed by atoms with E-state index in [4.69, 9.17) is 4.84 Å². The van der Waals surface area contributed by atoms with E-state index >= 15 is 0 Å². The largest absolute Gasteiger partial charge is 0.351 e. The molecule has 0 spiro atoms. The molecule has 2 fully saturated rings. The van der Waals surface area contributed by atoms with E-state index in [1.165, 1.54) is 4.90 Å². The third kappa shape index (κ3) is 1.65. The highest BCUT2D eigenvalue weighted by molar-refractivity contribution is 6.00. The Kier molecular flexibility index (Phi) is 1.95. The summed E-state index contributed by atoms with van der Waals surface area (Å²) in [5, 5.41) is 0.873. The van der Waals surface area contributed by atoms with Crippen LogP contribution in [0.25, 0.3) is 0 Å². The van der Waals surface area contributed by atoms with Gasteiger partial charge in [0.15, 0.2) is 0 Å². The summed E-state index contributed by atoms with van der Waals surface area (Å²) in [6, 6.07) is -0.356. The zero-order chi connectivity index (χ0) is 9.42. The Labute approximate surface area is 76.2 Å². The Balaban J connectivity index is 1.88. The number of hydrogen-bond acceptors (Lipinski definition) is 3. The average Bonchev–Trinajstić information content (AvgIpc) is 2.84. The maximum atomic E-state index is 11.3. The zero-order valence-electron chi connectivity index (χ0n) is 7.52. The maximum Gasteiger partial charge on any atom is 0.351 e. The summed E-state index contributed by atoms with van der Waals surface area (Å²) in [4.78, 5) is 28.9. The number of carbonyl (C=O) groups is 2. The molecule has 13 heavy (non-hydrogen) atoms. The first-order chi connectivity index (χ1) is 6.18. The minimum atomic E-state index is -0.356. The van der Waals surface area contributed by atoms with Crippen molar-refractivity contribution in [3.05, 3.63) is 0 Å². The van der Waals surface area contributed by atoms with E-state index in [0.29, 0.717) is 12.5 Å². The van der Waals surface area contributed by atoms with E-state index < -0.39 is 0 Å². The molecule has 5 heteroatoms. The first-order valence-electron chi connectivity index (χ1n) is 4.39. The van der Waals surface area contributed by atoms with Crippen LogP contribution >= 0.6 is 0 Å². The molecule has 2 rings (SSSR count). The lowest BCUT2D eigenvalue weighted by atomic mass is 10.5. The molecule has 5 nitrogen and oxygen atoms in total. The maximum absolute atomic E-state index is 11.3. The number of urea groups is 1. The van der Waals surface area contributed by atoms with Crippen molar-refractivity contribution in [3.8, 4) is 0 Å². The van der Waals surface area contributed by atoms with Gasteiger partial charge in [0, 0.05) is 7.05 Å². The minimum Gasteiger partial charge on any atom is -0.316 e. The van der Waals surface area contributed by atoms with Gasteiger partial charge in [0.25, 0.3) is 5.91 Å². The first kappa shape index (κ1) is 8.50. The first-order valence-corrected chi connectivity index (χ1v) is 4.39. The summed E-state index contributed by atoms with van der Waals surface area (Å²) >= 11 is 0. The fourth-order valence-corrected chi connectivity index (χ4v) is 1.19. The molecule has 0 atom stereocenters. The quantitative estimate of drug-likeness (QED) is 0.589. The summed E-state index contributed by atoms with van der Waals surface area (Å²) in [6.45, 7) is 0.620. The second kappa shape index (κ2) is 2.99. The predicted molar refractivity (Wildman–Crippen MR) is 43.5 cm³/mol. The number of amides is 3. The van der Waals surface area contributed by atoms with Crippen LogP contribution in [0.3, 0.4) is 0 Å². The zero-order valence-corrected chi connectivity index (χ0v) is 7.52. The van der Waals surface area contributed by atoms with E-state index in [-0.39, 0.29) is 18.5 Å². The van der Waals surface area contributed by atoms with Crippen molar-refractivity contribution >= 4 is 11.9 Å². The van der Waals surface area contributed by atoms with Crippen LogP contribution in [0.4, 0.5) is 4.79 Å². The molecule has 72 valence electrons. The summed E-state index contributed by atoms with van der Waals surface area (Å²) in [7, 11) is 1.58. The smallest absolute Gasteiger partial charge is 0.316 e. The van der Waals surface area contributed by atoms with Crippen molar-refractivity contribution in [2.24, 2.45) is 5.92 Å². The van der Waals surface area contributed by atoms with Crippen molar-refractivity contribution in [3.63, 3.8) is 0 Å². The monoisotopic (exact) mass is 184 g/mol. The van der Waals surface area contributed by atoms with Crippen LogP contribution in [0.5, 0.6) is 0 Å². The van der Waals surface area contributed by atoms with Gasteiger partial charge in [0.2, 0.25) is 0 Å². The standard InChI is InChI=1S/C8H12N2O3/c1-9-4-7(11)10(8(9)12)13-5-6-2-3-6/h6H,2-5H2,1H3. The lowest BCUT2D eigenvalue weighted by Crippen LogP contribution is -2.32. The normalized spacial score (nSPS) is 23.2. The predicted octanol–water partition coefficient (Wildman–Crippen LogP) is 0.222. The van der Waals surface area contributed by atoms with Gasteiger partial charge >= 0.3 is 6.03 Å².